The number of aromatic nitrogens is 1. The van der Waals surface area contributed by atoms with Gasteiger partial charge in [0.2, 0.25) is 0 Å². The Labute approximate surface area is 203 Å². The van der Waals surface area contributed by atoms with Gasteiger partial charge in [0.05, 0.1) is 6.61 Å². The maximum Gasteiger partial charge on any atom is 0.427 e. The van der Waals surface area contributed by atoms with Crippen molar-refractivity contribution in [1.29, 1.82) is 0 Å². The fourth-order valence-electron chi connectivity index (χ4n) is 3.76. The van der Waals surface area contributed by atoms with Crippen molar-refractivity contribution in [3.8, 4) is 0 Å². The number of imide groups is 1. The number of hydrogen-bond donors (Lipinski definition) is 2. The Morgan fingerprint density at radius 3 is 2.76 bits per heavy atom. The van der Waals surface area contributed by atoms with E-state index < -0.39 is 29.1 Å². The number of amides is 2. The van der Waals surface area contributed by atoms with Crippen molar-refractivity contribution >= 4 is 46.3 Å². The molecule has 2 aliphatic heterocycles. The first-order valence-electron chi connectivity index (χ1n) is 11.1. The van der Waals surface area contributed by atoms with Gasteiger partial charge in [0.25, 0.3) is 0 Å². The highest BCUT2D eigenvalue weighted by Gasteiger charge is 2.49. The van der Waals surface area contributed by atoms with Crippen LogP contribution < -0.4 is 5.32 Å². The zero-order chi connectivity index (χ0) is 24.6. The van der Waals surface area contributed by atoms with Gasteiger partial charge in [-0.25, -0.2) is 19.6 Å². The highest BCUT2D eigenvalue weighted by Crippen LogP contribution is 2.46. The maximum atomic E-state index is 13.2. The van der Waals surface area contributed by atoms with Crippen LogP contribution in [-0.4, -0.2) is 56.0 Å². The number of anilines is 1. The lowest BCUT2D eigenvalue weighted by molar-refractivity contribution is 0.0174. The van der Waals surface area contributed by atoms with Crippen LogP contribution >= 0.6 is 23.1 Å². The van der Waals surface area contributed by atoms with Crippen molar-refractivity contribution in [3.63, 3.8) is 0 Å². The van der Waals surface area contributed by atoms with Crippen LogP contribution in [-0.2, 0) is 15.0 Å². The molecule has 1 aromatic heterocycles. The number of aliphatic imine (C=N–C) groups is 1. The van der Waals surface area contributed by atoms with E-state index in [9.17, 15) is 14.7 Å². The zero-order valence-corrected chi connectivity index (χ0v) is 21.9. The lowest BCUT2D eigenvalue weighted by Crippen LogP contribution is -2.51. The monoisotopic (exact) mass is 498 g/mol. The van der Waals surface area contributed by atoms with Gasteiger partial charge in [-0.2, -0.15) is 4.90 Å². The first kappa shape index (κ1) is 25.8. The second-order valence-electron chi connectivity index (χ2n) is 10.1. The number of amidine groups is 1. The molecular weight excluding hydrogens is 464 g/mol. The number of carbonyl (C=O) groups excluding carboxylic acids is 2. The van der Waals surface area contributed by atoms with E-state index in [0.717, 1.165) is 17.7 Å². The van der Waals surface area contributed by atoms with Crippen molar-refractivity contribution in [2.45, 2.75) is 78.2 Å². The van der Waals surface area contributed by atoms with Crippen LogP contribution in [0.3, 0.4) is 0 Å². The largest absolute Gasteiger partial charge is 0.443 e. The number of hydrogen-bond acceptors (Lipinski definition) is 10. The van der Waals surface area contributed by atoms with Crippen LogP contribution in [0.5, 0.6) is 0 Å². The number of rotatable bonds is 4. The quantitative estimate of drug-likeness (QED) is 0.595. The van der Waals surface area contributed by atoms with Crippen LogP contribution in [0.25, 0.3) is 0 Å². The molecule has 0 saturated heterocycles. The fraction of sp³-hybridized carbons (Fsp3) is 0.727. The summed E-state index contributed by atoms with van der Waals surface area (Å²) in [4.78, 5) is 36.8. The Kier molecular flexibility index (Phi) is 7.36. The Hall–Kier alpha value is -1.85. The fourth-order valence-corrected chi connectivity index (χ4v) is 5.99. The SMILES string of the molecule is CC[C@@H](C)C[C@H]1CSC2=N[C@]1(CO)c1nc(cs1)NC(C)(C)OC(=O)N2C(=O)OC(C)(C)C. The van der Waals surface area contributed by atoms with E-state index in [1.54, 1.807) is 34.6 Å². The van der Waals surface area contributed by atoms with E-state index in [0.29, 0.717) is 22.5 Å². The van der Waals surface area contributed by atoms with E-state index in [2.05, 4.69) is 19.2 Å². The van der Waals surface area contributed by atoms with Gasteiger partial charge in [0.15, 0.2) is 10.9 Å². The molecule has 2 amide bonds. The second kappa shape index (κ2) is 9.42. The van der Waals surface area contributed by atoms with Gasteiger partial charge in [0, 0.05) is 17.1 Å². The third-order valence-corrected chi connectivity index (χ3v) is 7.72. The molecule has 2 aliphatic rings. The Balaban J connectivity index is 2.18. The molecule has 0 unspecified atom stereocenters. The number of nitrogens with zero attached hydrogens (tertiary/aromatic N) is 3. The van der Waals surface area contributed by atoms with E-state index >= 15 is 0 Å². The molecule has 11 heteroatoms. The number of carbonyl (C=O) groups is 2. The predicted molar refractivity (Wildman–Crippen MR) is 131 cm³/mol. The number of nitrogens with one attached hydrogen (secondary N) is 1. The van der Waals surface area contributed by atoms with E-state index in [-0.39, 0.29) is 17.7 Å². The van der Waals surface area contributed by atoms with Crippen molar-refractivity contribution in [3.05, 3.63) is 10.4 Å². The topological polar surface area (TPSA) is 113 Å². The summed E-state index contributed by atoms with van der Waals surface area (Å²) in [5, 5.41) is 16.4. The van der Waals surface area contributed by atoms with E-state index in [1.807, 2.05) is 5.38 Å². The molecular formula is C22H34N4O5S2. The molecule has 4 bridgehead atoms. The molecule has 3 heterocycles. The number of thiazole rings is 1. The summed E-state index contributed by atoms with van der Waals surface area (Å²) in [7, 11) is 0. The number of aliphatic hydroxyl groups excluding tert-OH is 1. The molecule has 184 valence electrons. The lowest BCUT2D eigenvalue weighted by Gasteiger charge is -2.40. The molecule has 1 aromatic rings. The molecule has 2 N–H and O–H groups in total. The molecule has 33 heavy (non-hydrogen) atoms. The minimum absolute atomic E-state index is 0.0320. The minimum Gasteiger partial charge on any atom is -0.443 e. The number of ether oxygens (including phenoxy) is 2. The Morgan fingerprint density at radius 2 is 2.15 bits per heavy atom. The maximum absolute atomic E-state index is 13.2. The molecule has 0 spiro atoms. The first-order chi connectivity index (χ1) is 15.3. The third-order valence-electron chi connectivity index (χ3n) is 5.61. The number of fused-ring (bicyclic) bond motifs is 4. The van der Waals surface area contributed by atoms with E-state index in [4.69, 9.17) is 19.5 Å². The molecule has 0 fully saturated rings. The highest BCUT2D eigenvalue weighted by atomic mass is 32.2. The van der Waals surface area contributed by atoms with Crippen LogP contribution in [0.15, 0.2) is 10.4 Å². The summed E-state index contributed by atoms with van der Waals surface area (Å²) in [6.45, 7) is 12.5. The van der Waals surface area contributed by atoms with Gasteiger partial charge in [-0.05, 0) is 47.0 Å². The van der Waals surface area contributed by atoms with E-state index in [1.165, 1.54) is 23.1 Å². The zero-order valence-electron chi connectivity index (χ0n) is 20.3. The molecule has 0 aliphatic carbocycles. The van der Waals surface area contributed by atoms with Crippen LogP contribution in [0.2, 0.25) is 0 Å². The number of cyclic esters (lactones) is 1. The normalized spacial score (nSPS) is 25.8. The first-order valence-corrected chi connectivity index (χ1v) is 13.0. The number of aliphatic hydroxyl groups is 1. The van der Waals surface area contributed by atoms with Crippen LogP contribution in [0.4, 0.5) is 15.4 Å². The standard InChI is InChI=1S/C22H34N4O5S2/c1-8-13(2)9-14-10-33-17-25-22(14,12-27)16-23-15(11-32-16)24-21(6,7)31-19(29)26(17)18(28)30-20(3,4)5/h11,13-14,24,27H,8-10,12H2,1-7H3/t13-,14+,22+/m1/s1. The highest BCUT2D eigenvalue weighted by molar-refractivity contribution is 8.13. The Bertz CT molecular complexity index is 926. The van der Waals surface area contributed by atoms with Gasteiger partial charge < -0.3 is 19.9 Å². The second-order valence-corrected chi connectivity index (χ2v) is 11.9. The smallest absolute Gasteiger partial charge is 0.427 e. The van der Waals surface area contributed by atoms with Crippen molar-refractivity contribution < 1.29 is 24.2 Å². The molecule has 3 rings (SSSR count). The Morgan fingerprint density at radius 1 is 1.45 bits per heavy atom. The average Bonchev–Trinajstić information content (AvgIpc) is 3.14. The summed E-state index contributed by atoms with van der Waals surface area (Å²) < 4.78 is 11.1. The van der Waals surface area contributed by atoms with Gasteiger partial charge in [-0.1, -0.05) is 32.0 Å². The average molecular weight is 499 g/mol. The summed E-state index contributed by atoms with van der Waals surface area (Å²) in [5.74, 6) is 1.46. The van der Waals surface area contributed by atoms with Gasteiger partial charge in [0.1, 0.15) is 22.0 Å². The minimum atomic E-state index is -1.16. The van der Waals surface area contributed by atoms with Crippen molar-refractivity contribution in [1.82, 2.24) is 9.88 Å². The molecule has 0 aromatic carbocycles. The third kappa shape index (κ3) is 5.63. The van der Waals surface area contributed by atoms with Crippen molar-refractivity contribution in [2.24, 2.45) is 16.8 Å². The van der Waals surface area contributed by atoms with Crippen molar-refractivity contribution in [2.75, 3.05) is 17.7 Å². The number of thioether (sulfide) groups is 1. The summed E-state index contributed by atoms with van der Waals surface area (Å²) >= 11 is 2.68. The lowest BCUT2D eigenvalue weighted by atomic mass is 9.80. The molecule has 0 radical (unpaired) electrons. The molecule has 0 saturated carbocycles. The van der Waals surface area contributed by atoms with Crippen LogP contribution in [0.1, 0.15) is 66.3 Å². The summed E-state index contributed by atoms with van der Waals surface area (Å²) in [6.07, 6.45) is 0.0382. The summed E-state index contributed by atoms with van der Waals surface area (Å²) in [5.41, 5.74) is -3.06. The molecule has 9 nitrogen and oxygen atoms in total. The van der Waals surface area contributed by atoms with Gasteiger partial charge >= 0.3 is 12.2 Å². The van der Waals surface area contributed by atoms with Gasteiger partial charge in [-0.3, -0.25) is 0 Å². The van der Waals surface area contributed by atoms with Gasteiger partial charge in [-0.15, -0.1) is 11.3 Å². The summed E-state index contributed by atoms with van der Waals surface area (Å²) in [6, 6.07) is 0. The molecule has 3 atom stereocenters. The predicted octanol–water partition coefficient (Wildman–Crippen LogP) is 5.02. The van der Waals surface area contributed by atoms with Crippen LogP contribution in [0, 0.1) is 11.8 Å².